The van der Waals surface area contributed by atoms with Crippen molar-refractivity contribution in [1.82, 2.24) is 19.6 Å². The van der Waals surface area contributed by atoms with Gasteiger partial charge in [0.25, 0.3) is 5.91 Å². The van der Waals surface area contributed by atoms with E-state index in [9.17, 15) is 9.59 Å². The summed E-state index contributed by atoms with van der Waals surface area (Å²) in [5, 5.41) is 4.30. The van der Waals surface area contributed by atoms with Gasteiger partial charge in [0.1, 0.15) is 6.26 Å². The Morgan fingerprint density at radius 1 is 1.38 bits per heavy atom. The summed E-state index contributed by atoms with van der Waals surface area (Å²) < 4.78 is 6.83. The van der Waals surface area contributed by atoms with Gasteiger partial charge in [0.2, 0.25) is 5.91 Å². The van der Waals surface area contributed by atoms with E-state index in [1.165, 1.54) is 12.5 Å². The van der Waals surface area contributed by atoms with E-state index in [4.69, 9.17) is 4.42 Å². The predicted molar refractivity (Wildman–Crippen MR) is 94.5 cm³/mol. The van der Waals surface area contributed by atoms with Gasteiger partial charge >= 0.3 is 0 Å². The average Bonchev–Trinajstić information content (AvgIpc) is 3.36. The second-order valence-corrected chi connectivity index (χ2v) is 7.25. The third-order valence-electron chi connectivity index (χ3n) is 5.99. The Morgan fingerprint density at radius 2 is 2.15 bits per heavy atom. The first-order valence-corrected chi connectivity index (χ1v) is 9.15. The predicted octanol–water partition coefficient (Wildman–Crippen LogP) is 2.02. The number of likely N-dealkylation sites (tertiary alicyclic amines) is 2. The second-order valence-electron chi connectivity index (χ2n) is 7.25. The zero-order valence-electron chi connectivity index (χ0n) is 15.2. The molecular formula is C19H24N4O3. The Balaban J connectivity index is 1.59. The number of nitrogens with zero attached hydrogens (tertiary/aromatic N) is 4. The summed E-state index contributed by atoms with van der Waals surface area (Å²) >= 11 is 0. The normalized spacial score (nSPS) is 22.4. The number of carbonyl (C=O) groups excluding carboxylic acids is 2. The van der Waals surface area contributed by atoms with Gasteiger partial charge in [0, 0.05) is 45.2 Å². The number of hydrogen-bond donors (Lipinski definition) is 0. The molecule has 7 nitrogen and oxygen atoms in total. The van der Waals surface area contributed by atoms with E-state index < -0.39 is 0 Å². The quantitative estimate of drug-likeness (QED) is 0.844. The highest BCUT2D eigenvalue weighted by Crippen LogP contribution is 2.48. The summed E-state index contributed by atoms with van der Waals surface area (Å²) in [5.41, 5.74) is 1.48. The van der Waals surface area contributed by atoms with Crippen LogP contribution >= 0.6 is 0 Å². The van der Waals surface area contributed by atoms with Crippen molar-refractivity contribution < 1.29 is 14.0 Å². The lowest BCUT2D eigenvalue weighted by molar-refractivity contribution is -0.132. The standard InChI is InChI=1S/C19H24N4O3/c1-3-23-17(24)10-16(15-11-20-21(2)12-15)19(23)5-7-22(8-6-19)18(25)14-4-9-26-13-14/h4,9,11-13,16H,3,5-8,10H2,1-2H3/t16-/m1/s1. The van der Waals surface area contributed by atoms with E-state index in [-0.39, 0.29) is 23.3 Å². The van der Waals surface area contributed by atoms with Crippen molar-refractivity contribution in [3.05, 3.63) is 42.1 Å². The van der Waals surface area contributed by atoms with Gasteiger partial charge in [-0.1, -0.05) is 0 Å². The molecule has 0 aromatic carbocycles. The van der Waals surface area contributed by atoms with Crippen LogP contribution in [0.2, 0.25) is 0 Å². The lowest BCUT2D eigenvalue weighted by Gasteiger charge is -2.47. The molecule has 0 bridgehead atoms. The minimum Gasteiger partial charge on any atom is -0.472 e. The smallest absolute Gasteiger partial charge is 0.257 e. The number of aromatic nitrogens is 2. The van der Waals surface area contributed by atoms with Crippen molar-refractivity contribution in [1.29, 1.82) is 0 Å². The maximum atomic E-state index is 12.7. The lowest BCUT2D eigenvalue weighted by atomic mass is 9.74. The van der Waals surface area contributed by atoms with Crippen LogP contribution in [-0.2, 0) is 11.8 Å². The lowest BCUT2D eigenvalue weighted by Crippen LogP contribution is -2.56. The van der Waals surface area contributed by atoms with Crippen LogP contribution in [0.3, 0.4) is 0 Å². The monoisotopic (exact) mass is 356 g/mol. The molecule has 0 unspecified atom stereocenters. The summed E-state index contributed by atoms with van der Waals surface area (Å²) in [6.07, 6.45) is 9.00. The summed E-state index contributed by atoms with van der Waals surface area (Å²) in [7, 11) is 1.90. The molecule has 2 aliphatic heterocycles. The Hall–Kier alpha value is -2.57. The zero-order chi connectivity index (χ0) is 18.3. The highest BCUT2D eigenvalue weighted by atomic mass is 16.3. The van der Waals surface area contributed by atoms with Gasteiger partial charge < -0.3 is 14.2 Å². The number of carbonyl (C=O) groups is 2. The molecule has 0 N–H and O–H groups in total. The first kappa shape index (κ1) is 16.9. The van der Waals surface area contributed by atoms with Gasteiger partial charge in [-0.3, -0.25) is 14.3 Å². The van der Waals surface area contributed by atoms with Crippen molar-refractivity contribution in [2.45, 2.75) is 37.6 Å². The topological polar surface area (TPSA) is 71.6 Å². The molecule has 2 aliphatic rings. The van der Waals surface area contributed by atoms with Crippen molar-refractivity contribution in [3.63, 3.8) is 0 Å². The van der Waals surface area contributed by atoms with Crippen LogP contribution < -0.4 is 0 Å². The molecule has 2 amide bonds. The van der Waals surface area contributed by atoms with Crippen molar-refractivity contribution in [2.75, 3.05) is 19.6 Å². The van der Waals surface area contributed by atoms with E-state index >= 15 is 0 Å². The van der Waals surface area contributed by atoms with Crippen molar-refractivity contribution in [3.8, 4) is 0 Å². The van der Waals surface area contributed by atoms with Gasteiger partial charge in [-0.2, -0.15) is 5.10 Å². The largest absolute Gasteiger partial charge is 0.472 e. The second kappa shape index (κ2) is 6.30. The fraction of sp³-hybridized carbons (Fsp3) is 0.526. The number of furan rings is 1. The Morgan fingerprint density at radius 3 is 2.73 bits per heavy atom. The van der Waals surface area contributed by atoms with E-state index in [1.54, 1.807) is 10.7 Å². The van der Waals surface area contributed by atoms with Crippen LogP contribution in [-0.4, -0.2) is 56.6 Å². The molecule has 7 heteroatoms. The molecule has 2 saturated heterocycles. The maximum absolute atomic E-state index is 12.7. The van der Waals surface area contributed by atoms with Crippen molar-refractivity contribution >= 4 is 11.8 Å². The fourth-order valence-corrected chi connectivity index (χ4v) is 4.73. The van der Waals surface area contributed by atoms with Crippen molar-refractivity contribution in [2.24, 2.45) is 7.05 Å². The van der Waals surface area contributed by atoms with E-state index in [0.29, 0.717) is 31.6 Å². The molecule has 1 atom stereocenters. The minimum absolute atomic E-state index is 0.00102. The Labute approximate surface area is 152 Å². The minimum atomic E-state index is -0.220. The SMILES string of the molecule is CCN1C(=O)C[C@H](c2cnn(C)c2)C12CCN(C(=O)c1ccoc1)CC2. The van der Waals surface area contributed by atoms with Gasteiger partial charge in [-0.25, -0.2) is 0 Å². The van der Waals surface area contributed by atoms with E-state index in [0.717, 1.165) is 18.4 Å². The van der Waals surface area contributed by atoms with E-state index in [2.05, 4.69) is 5.10 Å². The number of rotatable bonds is 3. The summed E-state index contributed by atoms with van der Waals surface area (Å²) in [6.45, 7) is 4.02. The molecule has 0 saturated carbocycles. The maximum Gasteiger partial charge on any atom is 0.257 e. The first-order valence-electron chi connectivity index (χ1n) is 9.15. The molecule has 1 spiro atoms. The Bertz CT molecular complexity index is 803. The molecule has 2 fully saturated rings. The molecule has 0 aliphatic carbocycles. The van der Waals surface area contributed by atoms with Gasteiger partial charge in [-0.15, -0.1) is 0 Å². The number of piperidine rings is 1. The molecular weight excluding hydrogens is 332 g/mol. The molecule has 2 aromatic heterocycles. The molecule has 4 rings (SSSR count). The number of hydrogen-bond acceptors (Lipinski definition) is 4. The fourth-order valence-electron chi connectivity index (χ4n) is 4.73. The Kier molecular flexibility index (Phi) is 4.09. The molecule has 4 heterocycles. The third kappa shape index (κ3) is 2.53. The average molecular weight is 356 g/mol. The number of likely N-dealkylation sites (N-methyl/N-ethyl adjacent to an activating group) is 1. The molecule has 26 heavy (non-hydrogen) atoms. The summed E-state index contributed by atoms with van der Waals surface area (Å²) in [4.78, 5) is 29.2. The first-order chi connectivity index (χ1) is 12.5. The van der Waals surface area contributed by atoms with Crippen LogP contribution in [0.25, 0.3) is 0 Å². The third-order valence-corrected chi connectivity index (χ3v) is 5.99. The van der Waals surface area contributed by atoms with Gasteiger partial charge in [0.15, 0.2) is 0 Å². The van der Waals surface area contributed by atoms with Crippen LogP contribution in [0.15, 0.2) is 35.4 Å². The van der Waals surface area contributed by atoms with Crippen LogP contribution in [0.5, 0.6) is 0 Å². The van der Waals surface area contributed by atoms with Gasteiger partial charge in [0.05, 0.1) is 23.6 Å². The highest BCUT2D eigenvalue weighted by molar-refractivity contribution is 5.94. The summed E-state index contributed by atoms with van der Waals surface area (Å²) in [5.74, 6) is 0.338. The number of aryl methyl sites for hydroxylation is 1. The highest BCUT2D eigenvalue weighted by Gasteiger charge is 2.54. The van der Waals surface area contributed by atoms with Crippen LogP contribution in [0.4, 0.5) is 0 Å². The summed E-state index contributed by atoms with van der Waals surface area (Å²) in [6, 6.07) is 1.70. The number of amides is 2. The molecule has 0 radical (unpaired) electrons. The molecule has 2 aromatic rings. The van der Waals surface area contributed by atoms with Crippen LogP contribution in [0, 0.1) is 0 Å². The van der Waals surface area contributed by atoms with Crippen LogP contribution in [0.1, 0.15) is 48.0 Å². The molecule has 138 valence electrons. The zero-order valence-corrected chi connectivity index (χ0v) is 15.2. The van der Waals surface area contributed by atoms with Gasteiger partial charge in [-0.05, 0) is 31.4 Å². The van der Waals surface area contributed by atoms with E-state index in [1.807, 2.05) is 36.2 Å².